The Kier molecular flexibility index (Phi) is 6.76. The van der Waals surface area contributed by atoms with Crippen molar-refractivity contribution < 1.29 is 8.42 Å². The molecule has 1 aromatic heterocycles. The Balaban J connectivity index is 1.57. The molecular weight excluding hydrogens is 489 g/mol. The van der Waals surface area contributed by atoms with Crippen LogP contribution in [0.25, 0.3) is 10.9 Å². The second-order valence-electron chi connectivity index (χ2n) is 9.11. The summed E-state index contributed by atoms with van der Waals surface area (Å²) in [6, 6.07) is 20.3. The second kappa shape index (κ2) is 9.45. The number of hydrogen-bond donors (Lipinski definition) is 1. The van der Waals surface area contributed by atoms with Gasteiger partial charge in [0.25, 0.3) is 10.0 Å². The summed E-state index contributed by atoms with van der Waals surface area (Å²) < 4.78 is 27.5. The predicted octanol–water partition coefficient (Wildman–Crippen LogP) is 6.61. The van der Waals surface area contributed by atoms with Crippen molar-refractivity contribution in [3.63, 3.8) is 0 Å². The van der Waals surface area contributed by atoms with Gasteiger partial charge in [-0.2, -0.15) is 13.5 Å². The molecule has 0 saturated heterocycles. The summed E-state index contributed by atoms with van der Waals surface area (Å²) in [6.45, 7) is 6.82. The maximum absolute atomic E-state index is 12.7. The third-order valence-electron chi connectivity index (χ3n) is 5.56. The maximum Gasteiger partial charge on any atom is 0.276 e. The lowest BCUT2D eigenvalue weighted by molar-refractivity contribution is 0.580. The fourth-order valence-electron chi connectivity index (χ4n) is 3.70. The highest BCUT2D eigenvalue weighted by molar-refractivity contribution is 7.89. The number of para-hydroxylation sites is 1. The number of hydrogen-bond acceptors (Lipinski definition) is 3. The van der Waals surface area contributed by atoms with E-state index < -0.39 is 10.0 Å². The number of hydrazone groups is 1. The molecule has 0 spiro atoms. The molecule has 0 aliphatic carbocycles. The molecule has 0 amide bonds. The molecule has 0 saturated carbocycles. The van der Waals surface area contributed by atoms with Crippen LogP contribution in [0.1, 0.15) is 37.5 Å². The molecule has 4 rings (SSSR count). The number of nitrogens with one attached hydrogen (secondary N) is 1. The van der Waals surface area contributed by atoms with Gasteiger partial charge in [0.05, 0.1) is 21.2 Å². The molecule has 0 fully saturated rings. The van der Waals surface area contributed by atoms with Gasteiger partial charge in [0.15, 0.2) is 0 Å². The summed E-state index contributed by atoms with van der Waals surface area (Å²) >= 11 is 12.2. The van der Waals surface area contributed by atoms with Crippen LogP contribution in [-0.4, -0.2) is 19.2 Å². The molecule has 4 aromatic rings. The number of halogens is 2. The normalized spacial score (nSPS) is 12.5. The second-order valence-corrected chi connectivity index (χ2v) is 11.6. The van der Waals surface area contributed by atoms with E-state index in [-0.39, 0.29) is 10.3 Å². The van der Waals surface area contributed by atoms with Crippen LogP contribution in [0.2, 0.25) is 10.0 Å². The highest BCUT2D eigenvalue weighted by Crippen LogP contribution is 2.26. The Bertz CT molecular complexity index is 1470. The van der Waals surface area contributed by atoms with Crippen LogP contribution >= 0.6 is 23.2 Å². The number of rotatable bonds is 6. The van der Waals surface area contributed by atoms with Crippen molar-refractivity contribution >= 4 is 50.3 Å². The Morgan fingerprint density at radius 3 is 2.35 bits per heavy atom. The Morgan fingerprint density at radius 2 is 1.68 bits per heavy atom. The molecule has 0 aliphatic heterocycles. The van der Waals surface area contributed by atoms with Crippen molar-refractivity contribution in [1.82, 2.24) is 9.40 Å². The van der Waals surface area contributed by atoms with Gasteiger partial charge in [0, 0.05) is 29.2 Å². The molecule has 0 atom stereocenters. The van der Waals surface area contributed by atoms with Gasteiger partial charge in [-0.15, -0.1) is 0 Å². The summed E-state index contributed by atoms with van der Waals surface area (Å²) in [4.78, 5) is 2.49. The molecule has 1 N–H and O–H groups in total. The molecule has 8 heteroatoms. The van der Waals surface area contributed by atoms with E-state index in [4.69, 9.17) is 23.2 Å². The van der Waals surface area contributed by atoms with E-state index in [1.165, 1.54) is 6.21 Å². The number of fused-ring (bicyclic) bond motifs is 1. The van der Waals surface area contributed by atoms with Gasteiger partial charge in [-0.3, -0.25) is 0 Å². The van der Waals surface area contributed by atoms with Crippen LogP contribution in [0.5, 0.6) is 0 Å². The number of sulfonamides is 1. The lowest BCUT2D eigenvalue weighted by Crippen LogP contribution is -2.19. The third kappa shape index (κ3) is 5.30. The highest BCUT2D eigenvalue weighted by Gasteiger charge is 2.17. The molecule has 1 heterocycles. The first-order valence-corrected chi connectivity index (χ1v) is 13.0. The van der Waals surface area contributed by atoms with Crippen LogP contribution < -0.4 is 4.83 Å². The zero-order chi connectivity index (χ0) is 24.5. The number of benzene rings is 3. The van der Waals surface area contributed by atoms with E-state index in [0.29, 0.717) is 16.6 Å². The van der Waals surface area contributed by atoms with Crippen molar-refractivity contribution in [2.75, 3.05) is 0 Å². The summed E-state index contributed by atoms with van der Waals surface area (Å²) in [6.07, 6.45) is 3.46. The third-order valence-corrected chi connectivity index (χ3v) is 7.54. The molecular formula is C26H25Cl2N3O2S. The zero-order valence-electron chi connectivity index (χ0n) is 19.1. The van der Waals surface area contributed by atoms with Crippen LogP contribution in [0.3, 0.4) is 0 Å². The van der Waals surface area contributed by atoms with Crippen molar-refractivity contribution in [1.29, 1.82) is 0 Å². The summed E-state index contributed by atoms with van der Waals surface area (Å²) in [5.41, 5.74) is 3.79. The molecule has 0 bridgehead atoms. The van der Waals surface area contributed by atoms with Gasteiger partial charge in [0.1, 0.15) is 0 Å². The first kappa shape index (κ1) is 24.3. The highest BCUT2D eigenvalue weighted by atomic mass is 35.5. The quantitative estimate of drug-likeness (QED) is 0.233. The lowest BCUT2D eigenvalue weighted by Gasteiger charge is -2.19. The molecule has 176 valence electrons. The van der Waals surface area contributed by atoms with E-state index in [1.54, 1.807) is 18.2 Å². The van der Waals surface area contributed by atoms with E-state index in [2.05, 4.69) is 35.3 Å². The predicted molar refractivity (Wildman–Crippen MR) is 141 cm³/mol. The lowest BCUT2D eigenvalue weighted by atomic mass is 9.87. The van der Waals surface area contributed by atoms with E-state index in [9.17, 15) is 8.42 Å². The van der Waals surface area contributed by atoms with Crippen LogP contribution in [0, 0.1) is 0 Å². The van der Waals surface area contributed by atoms with Crippen molar-refractivity contribution in [3.05, 3.63) is 99.7 Å². The molecule has 34 heavy (non-hydrogen) atoms. The van der Waals surface area contributed by atoms with Gasteiger partial charge in [0.2, 0.25) is 0 Å². The molecule has 5 nitrogen and oxygen atoms in total. The Labute approximate surface area is 210 Å². The smallest absolute Gasteiger partial charge is 0.276 e. The van der Waals surface area contributed by atoms with E-state index in [0.717, 1.165) is 27.6 Å². The Morgan fingerprint density at radius 1 is 0.971 bits per heavy atom. The van der Waals surface area contributed by atoms with Gasteiger partial charge in [-0.05, 0) is 46.9 Å². The fourth-order valence-corrected chi connectivity index (χ4v) is 4.81. The van der Waals surface area contributed by atoms with Crippen LogP contribution in [0.15, 0.2) is 82.9 Å². The SMILES string of the molecule is CC(C)(C)c1ccc(S(=O)(=O)N/N=C/c2cn(Cc3ccc(Cl)c(Cl)c3)c3ccccc23)cc1. The summed E-state index contributed by atoms with van der Waals surface area (Å²) in [5.74, 6) is 0. The minimum atomic E-state index is -3.78. The fraction of sp³-hybridized carbons (Fsp3) is 0.192. The van der Waals surface area contributed by atoms with Crippen molar-refractivity contribution in [2.45, 2.75) is 37.6 Å². The largest absolute Gasteiger partial charge is 0.342 e. The Hall–Kier alpha value is -2.80. The minimum absolute atomic E-state index is 0.0561. The molecule has 0 unspecified atom stereocenters. The zero-order valence-corrected chi connectivity index (χ0v) is 21.4. The number of aromatic nitrogens is 1. The first-order chi connectivity index (χ1) is 16.0. The van der Waals surface area contributed by atoms with E-state index >= 15 is 0 Å². The summed E-state index contributed by atoms with van der Waals surface area (Å²) in [5, 5.41) is 6.01. The monoisotopic (exact) mass is 513 g/mol. The minimum Gasteiger partial charge on any atom is -0.342 e. The van der Waals surface area contributed by atoms with Crippen LogP contribution in [0.4, 0.5) is 0 Å². The van der Waals surface area contributed by atoms with Gasteiger partial charge in [-0.1, -0.05) is 80.4 Å². The molecule has 3 aromatic carbocycles. The maximum atomic E-state index is 12.7. The topological polar surface area (TPSA) is 63.5 Å². The van der Waals surface area contributed by atoms with Gasteiger partial charge >= 0.3 is 0 Å². The standard InChI is InChI=1S/C26H25Cl2N3O2S/c1-26(2,3)20-9-11-21(12-10-20)34(32,33)30-29-15-19-17-31(25-7-5-4-6-22(19)25)16-18-8-13-23(27)24(28)14-18/h4-15,17,30H,16H2,1-3H3/b29-15+. The van der Waals surface area contributed by atoms with E-state index in [1.807, 2.05) is 54.7 Å². The first-order valence-electron chi connectivity index (χ1n) is 10.7. The molecule has 0 aliphatic rings. The van der Waals surface area contributed by atoms with Crippen molar-refractivity contribution in [3.8, 4) is 0 Å². The average molecular weight is 514 g/mol. The molecule has 0 radical (unpaired) electrons. The van der Waals surface area contributed by atoms with Crippen LogP contribution in [-0.2, 0) is 22.0 Å². The number of nitrogens with zero attached hydrogens (tertiary/aromatic N) is 2. The van der Waals surface area contributed by atoms with Crippen molar-refractivity contribution in [2.24, 2.45) is 5.10 Å². The summed E-state index contributed by atoms with van der Waals surface area (Å²) in [7, 11) is -3.78. The van der Waals surface area contributed by atoms with Gasteiger partial charge < -0.3 is 4.57 Å². The average Bonchev–Trinajstić information content (AvgIpc) is 3.13. The van der Waals surface area contributed by atoms with Gasteiger partial charge in [-0.25, -0.2) is 4.83 Å².